The highest BCUT2D eigenvalue weighted by atomic mass is 15.0. The molecule has 39 heavy (non-hydrogen) atoms. The van der Waals surface area contributed by atoms with Crippen molar-refractivity contribution in [1.29, 1.82) is 0 Å². The average molecular weight is 501 g/mol. The Hall–Kier alpha value is -4.82. The highest BCUT2D eigenvalue weighted by molar-refractivity contribution is 6.21. The molecule has 1 heterocycles. The molecule has 0 saturated carbocycles. The van der Waals surface area contributed by atoms with Crippen LogP contribution in [0.25, 0.3) is 49.4 Å². The lowest BCUT2D eigenvalue weighted by molar-refractivity contribution is 0.660. The van der Waals surface area contributed by atoms with Gasteiger partial charge in [0.05, 0.1) is 11.0 Å². The van der Waals surface area contributed by atoms with E-state index < -0.39 is 0 Å². The molecule has 0 atom stereocenters. The number of rotatable bonds is 3. The second-order valence-corrected chi connectivity index (χ2v) is 11.1. The topological polar surface area (TPSA) is 17.0 Å². The van der Waals surface area contributed by atoms with Crippen molar-refractivity contribution in [3.05, 3.63) is 139 Å². The second kappa shape index (κ2) is 8.09. The van der Waals surface area contributed by atoms with Crippen LogP contribution in [-0.2, 0) is 5.41 Å². The van der Waals surface area contributed by atoms with Gasteiger partial charge in [0, 0.05) is 33.2 Å². The number of hydrogen-bond acceptors (Lipinski definition) is 1. The minimum atomic E-state index is -0.0183. The molecule has 2 heteroatoms. The summed E-state index contributed by atoms with van der Waals surface area (Å²) in [5.74, 6) is 0. The van der Waals surface area contributed by atoms with Crippen LogP contribution in [0.2, 0.25) is 0 Å². The Kier molecular flexibility index (Phi) is 4.60. The molecule has 186 valence electrons. The van der Waals surface area contributed by atoms with Gasteiger partial charge in [0.25, 0.3) is 0 Å². The van der Waals surface area contributed by atoms with E-state index in [0.29, 0.717) is 0 Å². The lowest BCUT2D eigenvalue weighted by atomic mass is 9.82. The van der Waals surface area contributed by atoms with Crippen molar-refractivity contribution in [1.82, 2.24) is 4.57 Å². The normalized spacial score (nSPS) is 13.6. The molecule has 2 nitrogen and oxygen atoms in total. The quantitative estimate of drug-likeness (QED) is 0.255. The maximum absolute atomic E-state index is 3.74. The lowest BCUT2D eigenvalue weighted by Crippen LogP contribution is -2.15. The van der Waals surface area contributed by atoms with E-state index in [4.69, 9.17) is 0 Å². The van der Waals surface area contributed by atoms with Crippen molar-refractivity contribution in [2.24, 2.45) is 0 Å². The minimum Gasteiger partial charge on any atom is -0.355 e. The molecule has 0 unspecified atom stereocenters. The third kappa shape index (κ3) is 3.21. The first-order valence-electron chi connectivity index (χ1n) is 13.6. The Morgan fingerprint density at radius 3 is 2.13 bits per heavy atom. The maximum Gasteiger partial charge on any atom is 0.0547 e. The first-order valence-corrected chi connectivity index (χ1v) is 13.6. The molecule has 1 N–H and O–H groups in total. The molecule has 6 aromatic carbocycles. The van der Waals surface area contributed by atoms with E-state index in [9.17, 15) is 0 Å². The van der Waals surface area contributed by atoms with Crippen LogP contribution in [0.3, 0.4) is 0 Å². The molecule has 0 bridgehead atoms. The molecule has 0 spiro atoms. The smallest absolute Gasteiger partial charge is 0.0547 e. The van der Waals surface area contributed by atoms with Gasteiger partial charge in [-0.3, -0.25) is 0 Å². The van der Waals surface area contributed by atoms with E-state index in [1.807, 2.05) is 0 Å². The van der Waals surface area contributed by atoms with E-state index in [2.05, 4.69) is 151 Å². The van der Waals surface area contributed by atoms with E-state index >= 15 is 0 Å². The summed E-state index contributed by atoms with van der Waals surface area (Å²) in [7, 11) is 0. The van der Waals surface area contributed by atoms with Gasteiger partial charge in [-0.15, -0.1) is 0 Å². The standard InChI is InChI=1S/C37H28N2/c1-37(2)32-15-9-8-14-29(32)30-19-17-26(23-33(30)37)38-25-18-21-34-31(22-25)36-28-13-7-6-10-24(28)16-20-35(36)39(34)27-11-4-3-5-12-27/h3-23,38H,1-2H3. The summed E-state index contributed by atoms with van der Waals surface area (Å²) in [6.45, 7) is 4.66. The number of fused-ring (bicyclic) bond motifs is 8. The van der Waals surface area contributed by atoms with E-state index in [0.717, 1.165) is 11.4 Å². The summed E-state index contributed by atoms with van der Waals surface area (Å²) in [5, 5.41) is 8.83. The first kappa shape index (κ1) is 22.2. The van der Waals surface area contributed by atoms with Gasteiger partial charge in [-0.25, -0.2) is 0 Å². The number of benzene rings is 6. The molecular formula is C37H28N2. The van der Waals surface area contributed by atoms with Crippen LogP contribution in [0.4, 0.5) is 11.4 Å². The second-order valence-electron chi connectivity index (χ2n) is 11.1. The number of nitrogens with zero attached hydrogens (tertiary/aromatic N) is 1. The average Bonchev–Trinajstić information content (AvgIpc) is 3.42. The highest BCUT2D eigenvalue weighted by Crippen LogP contribution is 2.49. The van der Waals surface area contributed by atoms with Crippen molar-refractivity contribution in [2.75, 3.05) is 5.32 Å². The van der Waals surface area contributed by atoms with Crippen LogP contribution >= 0.6 is 0 Å². The molecule has 0 saturated heterocycles. The monoisotopic (exact) mass is 500 g/mol. The van der Waals surface area contributed by atoms with Crippen LogP contribution in [0.15, 0.2) is 127 Å². The third-order valence-electron chi connectivity index (χ3n) is 8.54. The van der Waals surface area contributed by atoms with Gasteiger partial charge in [-0.2, -0.15) is 0 Å². The fourth-order valence-electron chi connectivity index (χ4n) is 6.67. The van der Waals surface area contributed by atoms with Crippen molar-refractivity contribution < 1.29 is 0 Å². The lowest BCUT2D eigenvalue weighted by Gasteiger charge is -2.22. The van der Waals surface area contributed by atoms with Crippen molar-refractivity contribution in [3.63, 3.8) is 0 Å². The molecule has 0 fully saturated rings. The van der Waals surface area contributed by atoms with Crippen LogP contribution < -0.4 is 5.32 Å². The number of hydrogen-bond donors (Lipinski definition) is 1. The van der Waals surface area contributed by atoms with Crippen molar-refractivity contribution in [3.8, 4) is 16.8 Å². The molecule has 8 rings (SSSR count). The largest absolute Gasteiger partial charge is 0.355 e. The summed E-state index contributed by atoms with van der Waals surface area (Å²) in [6.07, 6.45) is 0. The fourth-order valence-corrected chi connectivity index (χ4v) is 6.67. The SMILES string of the molecule is CC1(C)c2ccccc2-c2ccc(Nc3ccc4c(c3)c3c5ccccc5ccc3n4-c3ccccc3)cc21. The number of anilines is 2. The summed E-state index contributed by atoms with van der Waals surface area (Å²) >= 11 is 0. The summed E-state index contributed by atoms with van der Waals surface area (Å²) in [6, 6.07) is 46.3. The van der Waals surface area contributed by atoms with Gasteiger partial charge >= 0.3 is 0 Å². The molecule has 7 aromatic rings. The molecule has 0 radical (unpaired) electrons. The molecule has 0 amide bonds. The Balaban J connectivity index is 1.30. The molecule has 1 aromatic heterocycles. The maximum atomic E-state index is 3.74. The Labute approximate surface area is 228 Å². The summed E-state index contributed by atoms with van der Waals surface area (Å²) in [4.78, 5) is 0. The Bertz CT molecular complexity index is 2060. The van der Waals surface area contributed by atoms with E-state index in [1.165, 1.54) is 60.5 Å². The summed E-state index contributed by atoms with van der Waals surface area (Å²) in [5.41, 5.74) is 11.3. The zero-order chi connectivity index (χ0) is 26.1. The zero-order valence-electron chi connectivity index (χ0n) is 22.1. The van der Waals surface area contributed by atoms with Crippen molar-refractivity contribution >= 4 is 44.0 Å². The fraction of sp³-hybridized carbons (Fsp3) is 0.0811. The molecule has 1 aliphatic rings. The van der Waals surface area contributed by atoms with E-state index in [-0.39, 0.29) is 5.41 Å². The van der Waals surface area contributed by atoms with Crippen LogP contribution in [0, 0.1) is 0 Å². The number of para-hydroxylation sites is 1. The van der Waals surface area contributed by atoms with Gasteiger partial charge in [-0.1, -0.05) is 92.7 Å². The van der Waals surface area contributed by atoms with Gasteiger partial charge < -0.3 is 9.88 Å². The van der Waals surface area contributed by atoms with Gasteiger partial charge in [0.1, 0.15) is 0 Å². The minimum absolute atomic E-state index is 0.0183. The Morgan fingerprint density at radius 2 is 1.23 bits per heavy atom. The zero-order valence-corrected chi connectivity index (χ0v) is 22.1. The third-order valence-corrected chi connectivity index (χ3v) is 8.54. The predicted octanol–water partition coefficient (Wildman–Crippen LogP) is 9.99. The van der Waals surface area contributed by atoms with Gasteiger partial charge in [-0.05, 0) is 81.6 Å². The molecule has 1 aliphatic carbocycles. The predicted molar refractivity (Wildman–Crippen MR) is 166 cm³/mol. The highest BCUT2D eigenvalue weighted by Gasteiger charge is 2.35. The van der Waals surface area contributed by atoms with Crippen molar-refractivity contribution in [2.45, 2.75) is 19.3 Å². The van der Waals surface area contributed by atoms with Gasteiger partial charge in [0.15, 0.2) is 0 Å². The van der Waals surface area contributed by atoms with Crippen LogP contribution in [-0.4, -0.2) is 4.57 Å². The number of aromatic nitrogens is 1. The molecule has 0 aliphatic heterocycles. The Morgan fingerprint density at radius 1 is 0.538 bits per heavy atom. The first-order chi connectivity index (χ1) is 19.1. The van der Waals surface area contributed by atoms with Gasteiger partial charge in [0.2, 0.25) is 0 Å². The van der Waals surface area contributed by atoms with E-state index in [1.54, 1.807) is 0 Å². The van der Waals surface area contributed by atoms with Crippen LogP contribution in [0.5, 0.6) is 0 Å². The molecular weight excluding hydrogens is 472 g/mol. The van der Waals surface area contributed by atoms with Crippen LogP contribution in [0.1, 0.15) is 25.0 Å². The number of nitrogens with one attached hydrogen (secondary N) is 1. The summed E-state index contributed by atoms with van der Waals surface area (Å²) < 4.78 is 2.38.